The number of esters is 1. The van der Waals surface area contributed by atoms with E-state index in [1.807, 2.05) is 24.3 Å². The maximum Gasteiger partial charge on any atom is 0.344 e. The fraction of sp³-hybridized carbons (Fsp3) is 0.364. The van der Waals surface area contributed by atoms with Gasteiger partial charge in [0, 0.05) is 4.43 Å². The van der Waals surface area contributed by atoms with Crippen LogP contribution in [0.25, 0.3) is 0 Å². The molecule has 0 spiro atoms. The normalized spacial score (nSPS) is 9.73. The number of rotatable bonds is 5. The van der Waals surface area contributed by atoms with Gasteiger partial charge in [-0.1, -0.05) is 34.7 Å². The number of alkyl halides is 1. The zero-order valence-corrected chi connectivity index (χ0v) is 10.7. The van der Waals surface area contributed by atoms with Crippen molar-refractivity contribution in [2.45, 2.75) is 11.4 Å². The van der Waals surface area contributed by atoms with Gasteiger partial charge in [-0.25, -0.2) is 4.79 Å². The number of benzene rings is 1. The highest BCUT2D eigenvalue weighted by Gasteiger charge is 2.02. The molecule has 0 heterocycles. The van der Waals surface area contributed by atoms with Gasteiger partial charge in [0.25, 0.3) is 0 Å². The Morgan fingerprint density at radius 2 is 2.27 bits per heavy atom. The number of halogens is 1. The monoisotopic (exact) mass is 320 g/mol. The van der Waals surface area contributed by atoms with Crippen molar-refractivity contribution in [1.82, 2.24) is 0 Å². The zero-order chi connectivity index (χ0) is 11.1. The van der Waals surface area contributed by atoms with E-state index in [1.54, 1.807) is 6.92 Å². The van der Waals surface area contributed by atoms with Gasteiger partial charge in [0.05, 0.1) is 6.61 Å². The first-order chi connectivity index (χ1) is 7.26. The second-order valence-corrected chi connectivity index (χ2v) is 3.64. The van der Waals surface area contributed by atoms with E-state index in [0.717, 1.165) is 4.43 Å². The Hall–Kier alpha value is -0.780. The largest absolute Gasteiger partial charge is 0.482 e. The lowest BCUT2D eigenvalue weighted by Gasteiger charge is -2.06. The molecule has 1 aromatic rings. The van der Waals surface area contributed by atoms with Crippen LogP contribution in [-0.4, -0.2) is 19.2 Å². The fourth-order valence-electron chi connectivity index (χ4n) is 1.06. The summed E-state index contributed by atoms with van der Waals surface area (Å²) in [5.74, 6) is 0.370. The summed E-state index contributed by atoms with van der Waals surface area (Å²) < 4.78 is 11.0. The Labute approximate surface area is 103 Å². The smallest absolute Gasteiger partial charge is 0.344 e. The van der Waals surface area contributed by atoms with Crippen molar-refractivity contribution in [2.24, 2.45) is 0 Å². The number of ether oxygens (including phenoxy) is 2. The van der Waals surface area contributed by atoms with Crippen LogP contribution in [0.2, 0.25) is 0 Å². The maximum atomic E-state index is 11.0. The van der Waals surface area contributed by atoms with Crippen LogP contribution in [0.15, 0.2) is 24.3 Å². The Balaban J connectivity index is 2.46. The summed E-state index contributed by atoms with van der Waals surface area (Å²) >= 11 is 2.28. The average molecular weight is 320 g/mol. The minimum atomic E-state index is -0.336. The number of hydrogen-bond donors (Lipinski definition) is 0. The molecule has 0 atom stereocenters. The van der Waals surface area contributed by atoms with Crippen molar-refractivity contribution in [3.05, 3.63) is 29.8 Å². The van der Waals surface area contributed by atoms with Gasteiger partial charge in [-0.15, -0.1) is 0 Å². The molecule has 82 valence electrons. The quantitative estimate of drug-likeness (QED) is 0.475. The van der Waals surface area contributed by atoms with Crippen molar-refractivity contribution in [2.75, 3.05) is 13.2 Å². The molecule has 0 unspecified atom stereocenters. The first-order valence-electron chi connectivity index (χ1n) is 4.69. The molecule has 0 saturated carbocycles. The van der Waals surface area contributed by atoms with E-state index in [2.05, 4.69) is 22.6 Å². The van der Waals surface area contributed by atoms with Gasteiger partial charge in [-0.2, -0.15) is 0 Å². The molecule has 0 aliphatic rings. The highest BCUT2D eigenvalue weighted by Crippen LogP contribution is 2.15. The van der Waals surface area contributed by atoms with Crippen LogP contribution < -0.4 is 4.74 Å². The van der Waals surface area contributed by atoms with Crippen LogP contribution in [0, 0.1) is 0 Å². The second-order valence-electron chi connectivity index (χ2n) is 2.87. The van der Waals surface area contributed by atoms with Gasteiger partial charge in [-0.3, -0.25) is 0 Å². The number of carbonyl (C=O) groups is 1. The molecule has 0 amide bonds. The summed E-state index contributed by atoms with van der Waals surface area (Å²) in [7, 11) is 0. The molecule has 4 heteroatoms. The Bertz CT molecular complexity index is 325. The fourth-order valence-corrected chi connectivity index (χ4v) is 1.54. The molecule has 0 radical (unpaired) electrons. The lowest BCUT2D eigenvalue weighted by Crippen LogP contribution is -2.14. The average Bonchev–Trinajstić information content (AvgIpc) is 2.27. The molecular formula is C11H13IO3. The Morgan fingerprint density at radius 3 is 2.93 bits per heavy atom. The highest BCUT2D eigenvalue weighted by atomic mass is 127. The minimum absolute atomic E-state index is 0.0292. The maximum absolute atomic E-state index is 11.0. The predicted molar refractivity (Wildman–Crippen MR) is 66.3 cm³/mol. The van der Waals surface area contributed by atoms with Gasteiger partial charge >= 0.3 is 5.97 Å². The third-order valence-electron chi connectivity index (χ3n) is 1.71. The topological polar surface area (TPSA) is 35.5 Å². The van der Waals surface area contributed by atoms with E-state index in [1.165, 1.54) is 5.56 Å². The third kappa shape index (κ3) is 4.51. The lowest BCUT2D eigenvalue weighted by molar-refractivity contribution is -0.145. The highest BCUT2D eigenvalue weighted by molar-refractivity contribution is 14.1. The van der Waals surface area contributed by atoms with Gasteiger partial charge in [-0.05, 0) is 24.6 Å². The van der Waals surface area contributed by atoms with E-state index < -0.39 is 0 Å². The molecule has 15 heavy (non-hydrogen) atoms. The minimum Gasteiger partial charge on any atom is -0.482 e. The van der Waals surface area contributed by atoms with E-state index in [4.69, 9.17) is 9.47 Å². The Morgan fingerprint density at radius 1 is 1.47 bits per heavy atom. The van der Waals surface area contributed by atoms with E-state index in [0.29, 0.717) is 12.4 Å². The van der Waals surface area contributed by atoms with Crippen LogP contribution in [0.5, 0.6) is 5.75 Å². The molecule has 0 N–H and O–H groups in total. The first kappa shape index (κ1) is 12.3. The van der Waals surface area contributed by atoms with E-state index >= 15 is 0 Å². The predicted octanol–water partition coefficient (Wildman–Crippen LogP) is 2.56. The van der Waals surface area contributed by atoms with Crippen LogP contribution >= 0.6 is 22.6 Å². The van der Waals surface area contributed by atoms with Crippen LogP contribution in [0.3, 0.4) is 0 Å². The zero-order valence-electron chi connectivity index (χ0n) is 8.53. The van der Waals surface area contributed by atoms with Crippen molar-refractivity contribution in [3.63, 3.8) is 0 Å². The molecule has 0 bridgehead atoms. The lowest BCUT2D eigenvalue weighted by atomic mass is 10.2. The number of carbonyl (C=O) groups excluding carboxylic acids is 1. The van der Waals surface area contributed by atoms with Crippen LogP contribution in [0.4, 0.5) is 0 Å². The van der Waals surface area contributed by atoms with Crippen molar-refractivity contribution in [3.8, 4) is 5.75 Å². The number of hydrogen-bond acceptors (Lipinski definition) is 3. The summed E-state index contributed by atoms with van der Waals surface area (Å²) in [6, 6.07) is 7.68. The second kappa shape index (κ2) is 6.66. The molecule has 1 rings (SSSR count). The molecule has 3 nitrogen and oxygen atoms in total. The Kier molecular flexibility index (Phi) is 5.45. The van der Waals surface area contributed by atoms with Gasteiger partial charge < -0.3 is 9.47 Å². The first-order valence-corrected chi connectivity index (χ1v) is 6.22. The molecule has 0 aromatic heterocycles. The van der Waals surface area contributed by atoms with Crippen molar-refractivity contribution in [1.29, 1.82) is 0 Å². The van der Waals surface area contributed by atoms with Gasteiger partial charge in [0.1, 0.15) is 5.75 Å². The summed E-state index contributed by atoms with van der Waals surface area (Å²) in [6.45, 7) is 2.13. The molecule has 0 fully saturated rings. The molecule has 1 aromatic carbocycles. The summed E-state index contributed by atoms with van der Waals surface area (Å²) in [5.41, 5.74) is 1.18. The van der Waals surface area contributed by atoms with E-state index in [9.17, 15) is 4.79 Å². The van der Waals surface area contributed by atoms with Gasteiger partial charge in [0.2, 0.25) is 0 Å². The molecule has 0 aliphatic carbocycles. The van der Waals surface area contributed by atoms with Crippen LogP contribution in [0.1, 0.15) is 12.5 Å². The standard InChI is InChI=1S/C11H13IO3/c1-2-14-11(13)8-15-10-5-3-4-9(6-10)7-12/h3-6H,2,7-8H2,1H3. The molecule has 0 aliphatic heterocycles. The SMILES string of the molecule is CCOC(=O)COc1cccc(CI)c1. The third-order valence-corrected chi connectivity index (χ3v) is 2.60. The van der Waals surface area contributed by atoms with Crippen molar-refractivity contribution < 1.29 is 14.3 Å². The van der Waals surface area contributed by atoms with E-state index in [-0.39, 0.29) is 12.6 Å². The van der Waals surface area contributed by atoms with Gasteiger partial charge in [0.15, 0.2) is 6.61 Å². The molecule has 0 saturated heterocycles. The molecular weight excluding hydrogens is 307 g/mol. The van der Waals surface area contributed by atoms with Crippen molar-refractivity contribution >= 4 is 28.6 Å². The summed E-state index contributed by atoms with van der Waals surface area (Å²) in [6.07, 6.45) is 0. The summed E-state index contributed by atoms with van der Waals surface area (Å²) in [4.78, 5) is 11.0. The van der Waals surface area contributed by atoms with Crippen LogP contribution in [-0.2, 0) is 14.0 Å². The summed E-state index contributed by atoms with van der Waals surface area (Å²) in [5, 5.41) is 0.